The first-order valence-corrected chi connectivity index (χ1v) is 4.42. The monoisotopic (exact) mass is 243 g/mol. The molecule has 0 heterocycles. The maximum atomic E-state index is 8.26. The van der Waals surface area contributed by atoms with Crippen molar-refractivity contribution in [3.63, 3.8) is 0 Å². The van der Waals surface area contributed by atoms with Gasteiger partial charge in [-0.15, -0.1) is 30.3 Å². The molecule has 1 aromatic carbocycles. The summed E-state index contributed by atoms with van der Waals surface area (Å²) >= 11 is 2.22. The molecular weight excluding hydrogens is 240 g/mol. The van der Waals surface area contributed by atoms with Crippen molar-refractivity contribution in [2.24, 2.45) is 0 Å². The fourth-order valence-corrected chi connectivity index (χ4v) is 0.463. The summed E-state index contributed by atoms with van der Waals surface area (Å²) in [7, 11) is 4.49. The Morgan fingerprint density at radius 3 is 2.50 bits per heavy atom. The standard InChI is InChI=1S/C7H4N.ClH.Pd/c8-6-7-4-2-1-3-5-7;;/h1-4H;1H;/q-1;;+2/p-1. The number of nitriles is 1. The third kappa shape index (κ3) is 3.64. The normalized spacial score (nSPS) is 7.00. The van der Waals surface area contributed by atoms with Gasteiger partial charge in [0.1, 0.15) is 0 Å². The first kappa shape index (κ1) is 9.66. The SMILES string of the molecule is N#Cc1[c-]cccc1.[Cl][Pd+]. The predicted molar refractivity (Wildman–Crippen MR) is 35.8 cm³/mol. The van der Waals surface area contributed by atoms with E-state index in [9.17, 15) is 0 Å². The van der Waals surface area contributed by atoms with Crippen LogP contribution < -0.4 is 0 Å². The summed E-state index contributed by atoms with van der Waals surface area (Å²) in [6.07, 6.45) is 0. The quantitative estimate of drug-likeness (QED) is 0.506. The van der Waals surface area contributed by atoms with Crippen molar-refractivity contribution in [2.75, 3.05) is 0 Å². The molecule has 0 aliphatic carbocycles. The van der Waals surface area contributed by atoms with Crippen LogP contribution in [-0.2, 0) is 18.2 Å². The molecule has 0 N–H and O–H groups in total. The van der Waals surface area contributed by atoms with Crippen LogP contribution in [0.25, 0.3) is 0 Å². The van der Waals surface area contributed by atoms with Gasteiger partial charge in [-0.1, -0.05) is 5.56 Å². The van der Waals surface area contributed by atoms with Crippen LogP contribution in [0.2, 0.25) is 0 Å². The molecule has 0 radical (unpaired) electrons. The third-order valence-electron chi connectivity index (χ3n) is 0.830. The van der Waals surface area contributed by atoms with E-state index in [4.69, 9.17) is 5.26 Å². The van der Waals surface area contributed by atoms with Crippen molar-refractivity contribution in [3.05, 3.63) is 35.9 Å². The van der Waals surface area contributed by atoms with Gasteiger partial charge in [-0.25, -0.2) is 0 Å². The zero-order valence-electron chi connectivity index (χ0n) is 4.95. The van der Waals surface area contributed by atoms with Crippen LogP contribution in [0.15, 0.2) is 24.3 Å². The van der Waals surface area contributed by atoms with E-state index >= 15 is 0 Å². The molecule has 0 aliphatic heterocycles. The molecule has 0 spiro atoms. The summed E-state index contributed by atoms with van der Waals surface area (Å²) in [6.45, 7) is 0. The zero-order valence-corrected chi connectivity index (χ0v) is 7.26. The second-order valence-corrected chi connectivity index (χ2v) is 1.39. The van der Waals surface area contributed by atoms with E-state index in [1.165, 1.54) is 0 Å². The van der Waals surface area contributed by atoms with E-state index < -0.39 is 0 Å². The van der Waals surface area contributed by atoms with Crippen LogP contribution in [0.5, 0.6) is 0 Å². The van der Waals surface area contributed by atoms with Gasteiger partial charge >= 0.3 is 27.7 Å². The molecular formula is C7H4ClNPd. The number of hydrogen-bond acceptors (Lipinski definition) is 1. The summed E-state index contributed by atoms with van der Waals surface area (Å²) in [5.41, 5.74) is 0.590. The summed E-state index contributed by atoms with van der Waals surface area (Å²) in [5, 5.41) is 8.26. The van der Waals surface area contributed by atoms with E-state index in [-0.39, 0.29) is 0 Å². The van der Waals surface area contributed by atoms with Gasteiger partial charge in [0.2, 0.25) is 0 Å². The number of halogens is 1. The molecule has 1 nitrogen and oxygen atoms in total. The van der Waals surface area contributed by atoms with Crippen LogP contribution in [0.3, 0.4) is 0 Å². The van der Waals surface area contributed by atoms with E-state index in [1.54, 1.807) is 12.1 Å². The topological polar surface area (TPSA) is 23.8 Å². The van der Waals surface area contributed by atoms with Crippen molar-refractivity contribution >= 4 is 9.53 Å². The van der Waals surface area contributed by atoms with Crippen molar-refractivity contribution < 1.29 is 18.2 Å². The molecule has 1 aromatic rings. The second-order valence-electron chi connectivity index (χ2n) is 1.39. The van der Waals surface area contributed by atoms with Gasteiger partial charge in [0, 0.05) is 0 Å². The van der Waals surface area contributed by atoms with E-state index in [0.717, 1.165) is 0 Å². The molecule has 0 aliphatic rings. The van der Waals surface area contributed by atoms with Gasteiger partial charge in [-0.05, 0) is 6.07 Å². The van der Waals surface area contributed by atoms with E-state index in [0.29, 0.717) is 5.56 Å². The molecule has 0 saturated carbocycles. The Balaban J connectivity index is 0.000000371. The molecule has 0 unspecified atom stereocenters. The minimum atomic E-state index is 0.590. The summed E-state index contributed by atoms with van der Waals surface area (Å²) in [6, 6.07) is 11.8. The fraction of sp³-hybridized carbons (Fsp3) is 0. The Kier molecular flexibility index (Phi) is 6.55. The average molecular weight is 244 g/mol. The summed E-state index contributed by atoms with van der Waals surface area (Å²) in [4.78, 5) is 0. The molecule has 0 atom stereocenters. The molecule has 0 saturated heterocycles. The molecule has 0 fully saturated rings. The number of benzene rings is 1. The van der Waals surface area contributed by atoms with Gasteiger partial charge < -0.3 is 0 Å². The van der Waals surface area contributed by atoms with Crippen molar-refractivity contribution in [2.45, 2.75) is 0 Å². The van der Waals surface area contributed by atoms with Crippen molar-refractivity contribution in [1.29, 1.82) is 5.26 Å². The molecule has 1 rings (SSSR count). The van der Waals surface area contributed by atoms with Crippen LogP contribution in [0, 0.1) is 17.4 Å². The summed E-state index contributed by atoms with van der Waals surface area (Å²) in [5.74, 6) is 0. The molecule has 10 heavy (non-hydrogen) atoms. The molecule has 0 amide bonds. The molecule has 54 valence electrons. The Labute approximate surface area is 75.0 Å². The molecule has 3 heteroatoms. The van der Waals surface area contributed by atoms with Gasteiger partial charge in [0.05, 0.1) is 0 Å². The molecule has 0 aromatic heterocycles. The first-order valence-electron chi connectivity index (χ1n) is 2.42. The number of nitrogens with zero attached hydrogens (tertiary/aromatic N) is 1. The van der Waals surface area contributed by atoms with Gasteiger partial charge in [-0.2, -0.15) is 0 Å². The van der Waals surface area contributed by atoms with Crippen LogP contribution in [0.1, 0.15) is 5.56 Å². The maximum absolute atomic E-state index is 8.26. The number of rotatable bonds is 0. The van der Waals surface area contributed by atoms with Crippen LogP contribution >= 0.6 is 9.53 Å². The van der Waals surface area contributed by atoms with E-state index in [2.05, 4.69) is 33.8 Å². The van der Waals surface area contributed by atoms with E-state index in [1.807, 2.05) is 18.2 Å². The van der Waals surface area contributed by atoms with Gasteiger partial charge in [0.15, 0.2) is 0 Å². The predicted octanol–water partition coefficient (Wildman–Crippen LogP) is 2.05. The summed E-state index contributed by atoms with van der Waals surface area (Å²) < 4.78 is 0. The van der Waals surface area contributed by atoms with Crippen LogP contribution in [-0.4, -0.2) is 0 Å². The molecule has 0 bridgehead atoms. The second kappa shape index (κ2) is 6.78. The Morgan fingerprint density at radius 1 is 1.50 bits per heavy atom. The fourth-order valence-electron chi connectivity index (χ4n) is 0.463. The average Bonchev–Trinajstić information content (AvgIpc) is 2.10. The Hall–Kier alpha value is -0.338. The van der Waals surface area contributed by atoms with Gasteiger partial charge in [-0.3, -0.25) is 5.26 Å². The first-order chi connectivity index (χ1) is 4.93. The Bertz CT molecular complexity index is 205. The van der Waals surface area contributed by atoms with Crippen molar-refractivity contribution in [1.82, 2.24) is 0 Å². The third-order valence-corrected chi connectivity index (χ3v) is 0.830. The van der Waals surface area contributed by atoms with Crippen LogP contribution in [0.4, 0.5) is 0 Å². The Morgan fingerprint density at radius 2 is 2.20 bits per heavy atom. The van der Waals surface area contributed by atoms with Crippen molar-refractivity contribution in [3.8, 4) is 6.07 Å². The number of hydrogen-bond donors (Lipinski definition) is 0. The zero-order chi connectivity index (χ0) is 7.82. The minimum absolute atomic E-state index is 0.590. The van der Waals surface area contributed by atoms with Gasteiger partial charge in [0.25, 0.3) is 0 Å².